The van der Waals surface area contributed by atoms with E-state index in [0.29, 0.717) is 12.5 Å². The number of hydrogen-bond acceptors (Lipinski definition) is 4. The zero-order chi connectivity index (χ0) is 18.6. The maximum absolute atomic E-state index is 5.78. The van der Waals surface area contributed by atoms with Crippen LogP contribution in [0.15, 0.2) is 29.3 Å². The van der Waals surface area contributed by atoms with Crippen LogP contribution >= 0.6 is 0 Å². The second-order valence-electron chi connectivity index (χ2n) is 6.38. The van der Waals surface area contributed by atoms with E-state index in [0.717, 1.165) is 63.3 Å². The Morgan fingerprint density at radius 1 is 1.31 bits per heavy atom. The van der Waals surface area contributed by atoms with Gasteiger partial charge in [-0.05, 0) is 32.4 Å². The van der Waals surface area contributed by atoms with E-state index in [-0.39, 0.29) is 0 Å². The highest BCUT2D eigenvalue weighted by molar-refractivity contribution is 5.80. The lowest BCUT2D eigenvalue weighted by Gasteiger charge is -2.21. The lowest BCUT2D eigenvalue weighted by molar-refractivity contribution is 0.114. The molecule has 6 heteroatoms. The quantitative estimate of drug-likeness (QED) is 0.394. The van der Waals surface area contributed by atoms with Crippen LogP contribution in [-0.2, 0) is 4.74 Å². The van der Waals surface area contributed by atoms with E-state index in [4.69, 9.17) is 19.2 Å². The van der Waals surface area contributed by atoms with Crippen LogP contribution in [0.4, 0.5) is 0 Å². The van der Waals surface area contributed by atoms with Crippen molar-refractivity contribution in [2.24, 2.45) is 10.9 Å². The normalized spacial score (nSPS) is 17.4. The first-order chi connectivity index (χ1) is 12.8. The number of likely N-dealkylation sites (tertiary alicyclic amines) is 1. The summed E-state index contributed by atoms with van der Waals surface area (Å²) in [6, 6.07) is 7.69. The fourth-order valence-corrected chi connectivity index (χ4v) is 3.00. The molecule has 0 radical (unpaired) electrons. The summed E-state index contributed by atoms with van der Waals surface area (Å²) in [7, 11) is 1.66. The summed E-state index contributed by atoms with van der Waals surface area (Å²) in [6.07, 6.45) is 2.05. The highest BCUT2D eigenvalue weighted by Gasteiger charge is 2.24. The van der Waals surface area contributed by atoms with Gasteiger partial charge in [-0.2, -0.15) is 0 Å². The highest BCUT2D eigenvalue weighted by atomic mass is 16.5. The Morgan fingerprint density at radius 2 is 2.15 bits per heavy atom. The summed E-state index contributed by atoms with van der Waals surface area (Å²) >= 11 is 0. The number of nitrogens with zero attached hydrogens (tertiary/aromatic N) is 2. The minimum atomic E-state index is 0.607. The molecular formula is C20H33N3O3. The molecule has 0 aromatic heterocycles. The van der Waals surface area contributed by atoms with E-state index in [1.54, 1.807) is 7.11 Å². The molecule has 1 saturated heterocycles. The minimum Gasteiger partial charge on any atom is -0.497 e. The van der Waals surface area contributed by atoms with Crippen LogP contribution in [0.2, 0.25) is 0 Å². The molecule has 0 spiro atoms. The lowest BCUT2D eigenvalue weighted by atomic mass is 10.1. The van der Waals surface area contributed by atoms with Gasteiger partial charge in [0.15, 0.2) is 5.96 Å². The van der Waals surface area contributed by atoms with Crippen LogP contribution in [0.1, 0.15) is 26.7 Å². The molecule has 1 aliphatic rings. The number of ether oxygens (including phenoxy) is 3. The summed E-state index contributed by atoms with van der Waals surface area (Å²) in [5.74, 6) is 3.26. The van der Waals surface area contributed by atoms with Crippen molar-refractivity contribution in [2.45, 2.75) is 26.7 Å². The van der Waals surface area contributed by atoms with E-state index < -0.39 is 0 Å². The SMILES string of the molecule is CCNC(=NCCCOc1cccc(OC)c1)N1CCC(COCC)C1. The molecule has 1 N–H and O–H groups in total. The molecule has 1 aromatic rings. The highest BCUT2D eigenvalue weighted by Crippen LogP contribution is 2.19. The molecule has 0 aliphatic carbocycles. The number of methoxy groups -OCH3 is 1. The zero-order valence-electron chi connectivity index (χ0n) is 16.4. The predicted octanol–water partition coefficient (Wildman–Crippen LogP) is 2.79. The van der Waals surface area contributed by atoms with E-state index in [9.17, 15) is 0 Å². The van der Waals surface area contributed by atoms with E-state index in [1.165, 1.54) is 6.42 Å². The van der Waals surface area contributed by atoms with Crippen LogP contribution < -0.4 is 14.8 Å². The van der Waals surface area contributed by atoms with Crippen molar-refractivity contribution < 1.29 is 14.2 Å². The molecule has 6 nitrogen and oxygen atoms in total. The third kappa shape index (κ3) is 6.75. The topological polar surface area (TPSA) is 55.3 Å². The molecule has 146 valence electrons. The molecule has 0 bridgehead atoms. The monoisotopic (exact) mass is 363 g/mol. The van der Waals surface area contributed by atoms with E-state index in [2.05, 4.69) is 17.1 Å². The molecule has 1 heterocycles. The van der Waals surface area contributed by atoms with Crippen molar-refractivity contribution in [1.82, 2.24) is 10.2 Å². The third-order valence-corrected chi connectivity index (χ3v) is 4.35. The van der Waals surface area contributed by atoms with Crippen molar-refractivity contribution in [3.8, 4) is 11.5 Å². The van der Waals surface area contributed by atoms with Gasteiger partial charge in [0, 0.05) is 51.2 Å². The summed E-state index contributed by atoms with van der Waals surface area (Å²) in [5, 5.41) is 3.40. The molecule has 0 amide bonds. The van der Waals surface area contributed by atoms with Gasteiger partial charge in [-0.3, -0.25) is 4.99 Å². The Morgan fingerprint density at radius 3 is 2.92 bits per heavy atom. The fraction of sp³-hybridized carbons (Fsp3) is 0.650. The van der Waals surface area contributed by atoms with Gasteiger partial charge in [-0.25, -0.2) is 0 Å². The Bertz CT molecular complexity index is 551. The second-order valence-corrected chi connectivity index (χ2v) is 6.38. The van der Waals surface area contributed by atoms with Gasteiger partial charge < -0.3 is 24.4 Å². The summed E-state index contributed by atoms with van der Waals surface area (Å²) in [5.41, 5.74) is 0. The van der Waals surface area contributed by atoms with E-state index in [1.807, 2.05) is 31.2 Å². The maximum atomic E-state index is 5.78. The van der Waals surface area contributed by atoms with Crippen molar-refractivity contribution in [1.29, 1.82) is 0 Å². The molecule has 1 aromatic carbocycles. The van der Waals surface area contributed by atoms with Gasteiger partial charge in [0.25, 0.3) is 0 Å². The fourth-order valence-electron chi connectivity index (χ4n) is 3.00. The minimum absolute atomic E-state index is 0.607. The maximum Gasteiger partial charge on any atom is 0.193 e. The van der Waals surface area contributed by atoms with Crippen LogP contribution in [0.5, 0.6) is 11.5 Å². The van der Waals surface area contributed by atoms with Gasteiger partial charge in [-0.15, -0.1) is 0 Å². The van der Waals surface area contributed by atoms with Gasteiger partial charge in [-0.1, -0.05) is 6.07 Å². The Balaban J connectivity index is 1.74. The van der Waals surface area contributed by atoms with Gasteiger partial charge in [0.1, 0.15) is 11.5 Å². The average Bonchev–Trinajstić information content (AvgIpc) is 3.14. The molecule has 2 rings (SSSR count). The standard InChI is InChI=1S/C20H33N3O3/c1-4-21-20(23-12-10-17(15-23)16-25-5-2)22-11-7-13-26-19-9-6-8-18(14-19)24-3/h6,8-9,14,17H,4-5,7,10-13,15-16H2,1-3H3,(H,21,22). The van der Waals surface area contributed by atoms with Crippen LogP contribution in [0.25, 0.3) is 0 Å². The lowest BCUT2D eigenvalue weighted by Crippen LogP contribution is -2.40. The summed E-state index contributed by atoms with van der Waals surface area (Å²) in [4.78, 5) is 7.10. The first kappa shape index (κ1) is 20.4. The third-order valence-electron chi connectivity index (χ3n) is 4.35. The largest absolute Gasteiger partial charge is 0.497 e. The van der Waals surface area contributed by atoms with Crippen molar-refractivity contribution in [2.75, 3.05) is 53.1 Å². The first-order valence-electron chi connectivity index (χ1n) is 9.64. The van der Waals surface area contributed by atoms with Gasteiger partial charge in [0.05, 0.1) is 20.3 Å². The number of nitrogens with one attached hydrogen (secondary N) is 1. The Labute approximate surface area is 157 Å². The van der Waals surface area contributed by atoms with Gasteiger partial charge in [0.2, 0.25) is 0 Å². The average molecular weight is 364 g/mol. The summed E-state index contributed by atoms with van der Waals surface area (Å²) < 4.78 is 16.5. The molecule has 0 saturated carbocycles. The number of hydrogen-bond donors (Lipinski definition) is 1. The zero-order valence-corrected chi connectivity index (χ0v) is 16.4. The van der Waals surface area contributed by atoms with Crippen LogP contribution in [0.3, 0.4) is 0 Å². The van der Waals surface area contributed by atoms with Crippen LogP contribution in [0, 0.1) is 5.92 Å². The predicted molar refractivity (Wildman–Crippen MR) is 105 cm³/mol. The van der Waals surface area contributed by atoms with Crippen molar-refractivity contribution in [3.63, 3.8) is 0 Å². The van der Waals surface area contributed by atoms with Crippen molar-refractivity contribution in [3.05, 3.63) is 24.3 Å². The smallest absolute Gasteiger partial charge is 0.193 e. The number of guanidine groups is 1. The molecule has 1 aliphatic heterocycles. The molecule has 1 fully saturated rings. The number of aliphatic imine (C=N–C) groups is 1. The molecular weight excluding hydrogens is 330 g/mol. The Hall–Kier alpha value is -1.95. The van der Waals surface area contributed by atoms with Gasteiger partial charge >= 0.3 is 0 Å². The van der Waals surface area contributed by atoms with E-state index >= 15 is 0 Å². The Kier molecular flexibility index (Phi) is 9.10. The first-order valence-corrected chi connectivity index (χ1v) is 9.64. The molecule has 1 atom stereocenters. The number of benzene rings is 1. The van der Waals surface area contributed by atoms with Crippen molar-refractivity contribution >= 4 is 5.96 Å². The molecule has 26 heavy (non-hydrogen) atoms. The van der Waals surface area contributed by atoms with Crippen LogP contribution in [-0.4, -0.2) is 64.0 Å². The second kappa shape index (κ2) is 11.6. The number of rotatable bonds is 10. The summed E-state index contributed by atoms with van der Waals surface area (Å²) in [6.45, 7) is 10.1. The molecule has 1 unspecified atom stereocenters.